The highest BCUT2D eigenvalue weighted by molar-refractivity contribution is 5.78. The number of carbonyl (C=O) groups is 1. The highest BCUT2D eigenvalue weighted by atomic mass is 16.2. The first kappa shape index (κ1) is 12.3. The second kappa shape index (κ2) is 5.98. The summed E-state index contributed by atoms with van der Waals surface area (Å²) in [4.78, 5) is 11.4. The summed E-state index contributed by atoms with van der Waals surface area (Å²) < 4.78 is 0. The first-order valence-electron chi connectivity index (χ1n) is 5.89. The van der Waals surface area contributed by atoms with Gasteiger partial charge in [-0.15, -0.1) is 0 Å². The molecule has 2 N–H and O–H groups in total. The van der Waals surface area contributed by atoms with Crippen LogP contribution in [0.15, 0.2) is 54.6 Å². The van der Waals surface area contributed by atoms with Gasteiger partial charge in [0, 0.05) is 7.05 Å². The van der Waals surface area contributed by atoms with E-state index in [4.69, 9.17) is 0 Å². The summed E-state index contributed by atoms with van der Waals surface area (Å²) in [5.41, 5.74) is 8.52. The zero-order chi connectivity index (χ0) is 12.8. The Kier molecular flexibility index (Phi) is 4.10. The van der Waals surface area contributed by atoms with Crippen molar-refractivity contribution in [1.29, 1.82) is 0 Å². The van der Waals surface area contributed by atoms with Crippen LogP contribution in [0.3, 0.4) is 0 Å². The number of hydrazine groups is 1. The summed E-state index contributed by atoms with van der Waals surface area (Å²) in [5, 5.41) is 0. The van der Waals surface area contributed by atoms with Crippen LogP contribution >= 0.6 is 0 Å². The van der Waals surface area contributed by atoms with Crippen molar-refractivity contribution < 1.29 is 4.79 Å². The maximum atomic E-state index is 11.4. The fraction of sp³-hybridized carbons (Fsp3) is 0.133. The normalized spacial score (nSPS) is 10.1. The molecule has 92 valence electrons. The molecule has 0 heterocycles. The zero-order valence-corrected chi connectivity index (χ0v) is 10.3. The van der Waals surface area contributed by atoms with Gasteiger partial charge in [-0.2, -0.15) is 0 Å². The maximum absolute atomic E-state index is 11.4. The molecule has 0 bridgehead atoms. The molecule has 2 aromatic carbocycles. The monoisotopic (exact) mass is 240 g/mol. The standard InChI is InChI=1S/C15H16N2O/c1-16-17-15(18)11-12-7-9-14(10-8-12)13-5-3-2-4-6-13/h2-10,16H,11H2,1H3,(H,17,18). The topological polar surface area (TPSA) is 41.1 Å². The molecule has 0 aromatic heterocycles. The van der Waals surface area contributed by atoms with E-state index in [0.717, 1.165) is 11.1 Å². The minimum absolute atomic E-state index is 0.0371. The Morgan fingerprint density at radius 1 is 0.944 bits per heavy atom. The summed E-state index contributed by atoms with van der Waals surface area (Å²) in [5.74, 6) is -0.0371. The Hall–Kier alpha value is -2.13. The maximum Gasteiger partial charge on any atom is 0.238 e. The Morgan fingerprint density at radius 2 is 1.56 bits per heavy atom. The molecule has 3 heteroatoms. The fourth-order valence-electron chi connectivity index (χ4n) is 1.81. The average molecular weight is 240 g/mol. The Labute approximate surface area is 107 Å². The Morgan fingerprint density at radius 3 is 2.17 bits per heavy atom. The molecule has 3 nitrogen and oxygen atoms in total. The first-order valence-corrected chi connectivity index (χ1v) is 5.89. The molecule has 0 aliphatic heterocycles. The highest BCUT2D eigenvalue weighted by Gasteiger charge is 2.02. The van der Waals surface area contributed by atoms with Crippen LogP contribution in [0.2, 0.25) is 0 Å². The minimum Gasteiger partial charge on any atom is -0.292 e. The van der Waals surface area contributed by atoms with Crippen molar-refractivity contribution in [3.05, 3.63) is 60.2 Å². The van der Waals surface area contributed by atoms with E-state index in [1.807, 2.05) is 42.5 Å². The van der Waals surface area contributed by atoms with Gasteiger partial charge in [0.05, 0.1) is 6.42 Å². The first-order chi connectivity index (χ1) is 8.79. The van der Waals surface area contributed by atoms with E-state index in [1.54, 1.807) is 7.05 Å². The smallest absolute Gasteiger partial charge is 0.238 e. The largest absolute Gasteiger partial charge is 0.292 e. The average Bonchev–Trinajstić information content (AvgIpc) is 2.41. The lowest BCUT2D eigenvalue weighted by molar-refractivity contribution is -0.121. The molecule has 0 saturated carbocycles. The number of benzene rings is 2. The minimum atomic E-state index is -0.0371. The number of amides is 1. The lowest BCUT2D eigenvalue weighted by atomic mass is 10.0. The SMILES string of the molecule is CNNC(=O)Cc1ccc(-c2ccccc2)cc1. The van der Waals surface area contributed by atoms with Crippen molar-refractivity contribution >= 4 is 5.91 Å². The van der Waals surface area contributed by atoms with E-state index in [1.165, 1.54) is 5.56 Å². The summed E-state index contributed by atoms with van der Waals surface area (Å²) in [6.45, 7) is 0. The van der Waals surface area contributed by atoms with E-state index in [-0.39, 0.29) is 5.91 Å². The van der Waals surface area contributed by atoms with Crippen molar-refractivity contribution in [2.75, 3.05) is 7.05 Å². The van der Waals surface area contributed by atoms with Crippen molar-refractivity contribution in [1.82, 2.24) is 10.9 Å². The van der Waals surface area contributed by atoms with Gasteiger partial charge in [0.1, 0.15) is 0 Å². The van der Waals surface area contributed by atoms with E-state index in [9.17, 15) is 4.79 Å². The van der Waals surface area contributed by atoms with Gasteiger partial charge in [0.15, 0.2) is 0 Å². The summed E-state index contributed by atoms with van der Waals surface area (Å²) in [7, 11) is 1.68. The van der Waals surface area contributed by atoms with Crippen LogP contribution in [0.4, 0.5) is 0 Å². The van der Waals surface area contributed by atoms with Crippen LogP contribution in [0.1, 0.15) is 5.56 Å². The van der Waals surface area contributed by atoms with E-state index < -0.39 is 0 Å². The van der Waals surface area contributed by atoms with Gasteiger partial charge in [-0.1, -0.05) is 54.6 Å². The van der Waals surface area contributed by atoms with Gasteiger partial charge in [-0.25, -0.2) is 5.43 Å². The zero-order valence-electron chi connectivity index (χ0n) is 10.3. The molecule has 18 heavy (non-hydrogen) atoms. The lowest BCUT2D eigenvalue weighted by Gasteiger charge is -2.05. The van der Waals surface area contributed by atoms with Crippen molar-refractivity contribution in [3.8, 4) is 11.1 Å². The predicted molar refractivity (Wildman–Crippen MR) is 72.8 cm³/mol. The fourth-order valence-corrected chi connectivity index (χ4v) is 1.81. The molecule has 2 rings (SSSR count). The molecule has 2 aromatic rings. The number of nitrogens with one attached hydrogen (secondary N) is 2. The molecule has 0 aliphatic carbocycles. The van der Waals surface area contributed by atoms with Gasteiger partial charge in [-0.3, -0.25) is 10.2 Å². The van der Waals surface area contributed by atoms with Crippen LogP contribution in [0, 0.1) is 0 Å². The molecule has 0 spiro atoms. The van der Waals surface area contributed by atoms with Crippen LogP contribution in [0.25, 0.3) is 11.1 Å². The number of hydrogen-bond acceptors (Lipinski definition) is 2. The van der Waals surface area contributed by atoms with Gasteiger partial charge in [0.25, 0.3) is 0 Å². The van der Waals surface area contributed by atoms with Gasteiger partial charge in [0.2, 0.25) is 5.91 Å². The van der Waals surface area contributed by atoms with Crippen molar-refractivity contribution in [3.63, 3.8) is 0 Å². The molecule has 0 fully saturated rings. The highest BCUT2D eigenvalue weighted by Crippen LogP contribution is 2.19. The predicted octanol–water partition coefficient (Wildman–Crippen LogP) is 2.15. The number of carbonyl (C=O) groups excluding carboxylic acids is 1. The van der Waals surface area contributed by atoms with E-state index in [0.29, 0.717) is 6.42 Å². The second-order valence-corrected chi connectivity index (χ2v) is 4.04. The summed E-state index contributed by atoms with van der Waals surface area (Å²) in [6, 6.07) is 18.2. The van der Waals surface area contributed by atoms with E-state index >= 15 is 0 Å². The summed E-state index contributed by atoms with van der Waals surface area (Å²) >= 11 is 0. The third-order valence-corrected chi connectivity index (χ3v) is 2.69. The Balaban J connectivity index is 2.09. The van der Waals surface area contributed by atoms with Crippen LogP contribution < -0.4 is 10.9 Å². The van der Waals surface area contributed by atoms with E-state index in [2.05, 4.69) is 23.0 Å². The quantitative estimate of drug-likeness (QED) is 0.804. The number of hydrogen-bond donors (Lipinski definition) is 2. The number of rotatable bonds is 4. The van der Waals surface area contributed by atoms with Crippen molar-refractivity contribution in [2.45, 2.75) is 6.42 Å². The van der Waals surface area contributed by atoms with Crippen LogP contribution in [-0.2, 0) is 11.2 Å². The molecular formula is C15H16N2O. The Bertz CT molecular complexity index is 506. The molecule has 0 saturated heterocycles. The molecule has 1 amide bonds. The van der Waals surface area contributed by atoms with Gasteiger partial charge in [-0.05, 0) is 16.7 Å². The van der Waals surface area contributed by atoms with Crippen LogP contribution in [-0.4, -0.2) is 13.0 Å². The molecular weight excluding hydrogens is 224 g/mol. The van der Waals surface area contributed by atoms with Gasteiger partial charge < -0.3 is 0 Å². The molecule has 0 radical (unpaired) electrons. The van der Waals surface area contributed by atoms with Gasteiger partial charge >= 0.3 is 0 Å². The summed E-state index contributed by atoms with van der Waals surface area (Å²) in [6.07, 6.45) is 0.385. The second-order valence-electron chi connectivity index (χ2n) is 4.04. The third-order valence-electron chi connectivity index (χ3n) is 2.69. The third kappa shape index (κ3) is 3.18. The molecule has 0 aliphatic rings. The molecule has 0 unspecified atom stereocenters. The van der Waals surface area contributed by atoms with Crippen LogP contribution in [0.5, 0.6) is 0 Å². The molecule has 0 atom stereocenters. The van der Waals surface area contributed by atoms with Crippen molar-refractivity contribution in [2.24, 2.45) is 0 Å². The lowest BCUT2D eigenvalue weighted by Crippen LogP contribution is -2.35.